The average molecular weight is 311 g/mol. The minimum Gasteiger partial charge on any atom is -0.351 e. The van der Waals surface area contributed by atoms with Gasteiger partial charge in [-0.3, -0.25) is 19.9 Å². The van der Waals surface area contributed by atoms with Crippen molar-refractivity contribution in [3.63, 3.8) is 0 Å². The SMILES string of the molecule is CN(C(=O)C[C@@H](N)CCCN)c1cnc(NC(N)=O)[nH]c1=O. The summed E-state index contributed by atoms with van der Waals surface area (Å²) in [4.78, 5) is 41.9. The first-order valence-electron chi connectivity index (χ1n) is 6.73. The van der Waals surface area contributed by atoms with Gasteiger partial charge in [0.25, 0.3) is 5.56 Å². The molecule has 122 valence electrons. The molecule has 1 rings (SSSR count). The minimum atomic E-state index is -0.855. The number of hydrogen-bond acceptors (Lipinski definition) is 6. The molecule has 0 aromatic carbocycles. The highest BCUT2D eigenvalue weighted by Gasteiger charge is 2.18. The predicted molar refractivity (Wildman–Crippen MR) is 82.4 cm³/mol. The highest BCUT2D eigenvalue weighted by atomic mass is 16.2. The lowest BCUT2D eigenvalue weighted by atomic mass is 10.1. The number of anilines is 2. The van der Waals surface area contributed by atoms with Crippen LogP contribution in [0.5, 0.6) is 0 Å². The van der Waals surface area contributed by atoms with E-state index in [0.29, 0.717) is 13.0 Å². The van der Waals surface area contributed by atoms with Gasteiger partial charge in [0, 0.05) is 19.5 Å². The number of primary amides is 1. The van der Waals surface area contributed by atoms with Crippen molar-refractivity contribution in [3.05, 3.63) is 16.6 Å². The third kappa shape index (κ3) is 5.14. The summed E-state index contributed by atoms with van der Waals surface area (Å²) < 4.78 is 0. The molecule has 1 aromatic rings. The molecule has 0 unspecified atom stereocenters. The van der Waals surface area contributed by atoms with E-state index in [1.165, 1.54) is 18.1 Å². The van der Waals surface area contributed by atoms with Crippen LogP contribution in [0.25, 0.3) is 0 Å². The number of hydrogen-bond donors (Lipinski definition) is 5. The fourth-order valence-electron chi connectivity index (χ4n) is 1.78. The van der Waals surface area contributed by atoms with E-state index < -0.39 is 11.6 Å². The van der Waals surface area contributed by atoms with Gasteiger partial charge in [0.15, 0.2) is 0 Å². The summed E-state index contributed by atoms with van der Waals surface area (Å²) in [6.45, 7) is 0.510. The van der Waals surface area contributed by atoms with E-state index in [9.17, 15) is 14.4 Å². The number of nitrogens with zero attached hydrogens (tertiary/aromatic N) is 2. The Labute approximate surface area is 127 Å². The van der Waals surface area contributed by atoms with E-state index in [2.05, 4.69) is 15.3 Å². The molecular formula is C12H21N7O3. The van der Waals surface area contributed by atoms with Crippen LogP contribution in [0, 0.1) is 0 Å². The number of carbonyl (C=O) groups is 2. The molecule has 3 amide bonds. The van der Waals surface area contributed by atoms with E-state index in [4.69, 9.17) is 17.2 Å². The smallest absolute Gasteiger partial charge is 0.318 e. The lowest BCUT2D eigenvalue weighted by molar-refractivity contribution is -0.118. The zero-order valence-electron chi connectivity index (χ0n) is 12.3. The number of carbonyl (C=O) groups excluding carboxylic acids is 2. The molecule has 1 heterocycles. The molecule has 0 radical (unpaired) electrons. The van der Waals surface area contributed by atoms with E-state index in [0.717, 1.165) is 6.42 Å². The van der Waals surface area contributed by atoms with Crippen LogP contribution < -0.4 is 33.0 Å². The number of rotatable bonds is 7. The molecule has 0 saturated carbocycles. The monoisotopic (exact) mass is 311 g/mol. The van der Waals surface area contributed by atoms with Gasteiger partial charge in [-0.25, -0.2) is 9.78 Å². The zero-order chi connectivity index (χ0) is 16.7. The number of aromatic nitrogens is 2. The zero-order valence-corrected chi connectivity index (χ0v) is 12.3. The van der Waals surface area contributed by atoms with Crippen LogP contribution in [0.3, 0.4) is 0 Å². The third-order valence-corrected chi connectivity index (χ3v) is 2.97. The first-order chi connectivity index (χ1) is 10.3. The molecule has 10 nitrogen and oxygen atoms in total. The van der Waals surface area contributed by atoms with Gasteiger partial charge in [0.05, 0.1) is 6.20 Å². The Hall–Kier alpha value is -2.46. The van der Waals surface area contributed by atoms with E-state index in [1.807, 2.05) is 0 Å². The summed E-state index contributed by atoms with van der Waals surface area (Å²) in [5, 5.41) is 2.13. The van der Waals surface area contributed by atoms with Crippen molar-refractivity contribution in [2.24, 2.45) is 17.2 Å². The Kier molecular flexibility index (Phi) is 6.47. The Balaban J connectivity index is 2.76. The van der Waals surface area contributed by atoms with Crippen molar-refractivity contribution in [3.8, 4) is 0 Å². The van der Waals surface area contributed by atoms with Crippen LogP contribution in [0.4, 0.5) is 16.4 Å². The average Bonchev–Trinajstić information content (AvgIpc) is 2.43. The maximum Gasteiger partial charge on any atom is 0.318 e. The molecule has 0 fully saturated rings. The number of amides is 3. The van der Waals surface area contributed by atoms with Gasteiger partial charge < -0.3 is 22.1 Å². The van der Waals surface area contributed by atoms with Crippen molar-refractivity contribution in [2.75, 3.05) is 23.8 Å². The summed E-state index contributed by atoms with van der Waals surface area (Å²) in [7, 11) is 1.45. The molecule has 8 N–H and O–H groups in total. The van der Waals surface area contributed by atoms with E-state index in [-0.39, 0.29) is 30.0 Å². The van der Waals surface area contributed by atoms with Crippen LogP contribution in [-0.4, -0.2) is 41.5 Å². The predicted octanol–water partition coefficient (Wildman–Crippen LogP) is -1.32. The summed E-state index contributed by atoms with van der Waals surface area (Å²) in [5.74, 6) is -0.408. The summed E-state index contributed by atoms with van der Waals surface area (Å²) in [5.41, 5.74) is 15.6. The van der Waals surface area contributed by atoms with E-state index in [1.54, 1.807) is 0 Å². The molecule has 0 aliphatic rings. The Morgan fingerprint density at radius 3 is 2.73 bits per heavy atom. The normalized spacial score (nSPS) is 11.8. The second-order valence-electron chi connectivity index (χ2n) is 4.78. The number of nitrogens with one attached hydrogen (secondary N) is 2. The summed E-state index contributed by atoms with van der Waals surface area (Å²) in [6, 6.07) is -1.17. The minimum absolute atomic E-state index is 0.0473. The van der Waals surface area contributed by atoms with Crippen molar-refractivity contribution >= 4 is 23.6 Å². The maximum absolute atomic E-state index is 12.1. The lowest BCUT2D eigenvalue weighted by Gasteiger charge is -2.18. The van der Waals surface area contributed by atoms with Crippen molar-refractivity contribution in [1.29, 1.82) is 0 Å². The summed E-state index contributed by atoms with van der Waals surface area (Å²) >= 11 is 0. The first-order valence-corrected chi connectivity index (χ1v) is 6.73. The highest BCUT2D eigenvalue weighted by molar-refractivity contribution is 5.93. The maximum atomic E-state index is 12.1. The van der Waals surface area contributed by atoms with Gasteiger partial charge in [-0.15, -0.1) is 0 Å². The number of nitrogens with two attached hydrogens (primary N) is 3. The third-order valence-electron chi connectivity index (χ3n) is 2.97. The second kappa shape index (κ2) is 8.10. The Morgan fingerprint density at radius 2 is 2.18 bits per heavy atom. The standard InChI is InChI=1S/C12H21N7O3/c1-19(9(20)5-7(14)3-2-4-13)8-6-16-12(17-10(8)21)18-11(15)22/h6-7H,2-5,13-14H2,1H3,(H4,15,16,17,18,21,22)/t7-/m0/s1. The molecule has 0 aliphatic heterocycles. The van der Waals surface area contributed by atoms with Crippen LogP contribution in [0.1, 0.15) is 19.3 Å². The van der Waals surface area contributed by atoms with Crippen LogP contribution in [-0.2, 0) is 4.79 Å². The molecule has 1 atom stereocenters. The van der Waals surface area contributed by atoms with Gasteiger partial charge in [-0.2, -0.15) is 0 Å². The van der Waals surface area contributed by atoms with Crippen LogP contribution in [0.15, 0.2) is 11.0 Å². The molecule has 22 heavy (non-hydrogen) atoms. The van der Waals surface area contributed by atoms with Gasteiger partial charge >= 0.3 is 6.03 Å². The molecule has 10 heteroatoms. The number of aromatic amines is 1. The van der Waals surface area contributed by atoms with Crippen molar-refractivity contribution in [2.45, 2.75) is 25.3 Å². The number of urea groups is 1. The fourth-order valence-corrected chi connectivity index (χ4v) is 1.78. The first kappa shape index (κ1) is 17.6. The Morgan fingerprint density at radius 1 is 1.50 bits per heavy atom. The highest BCUT2D eigenvalue weighted by Crippen LogP contribution is 2.09. The molecule has 1 aromatic heterocycles. The van der Waals surface area contributed by atoms with Gasteiger partial charge in [-0.1, -0.05) is 0 Å². The lowest BCUT2D eigenvalue weighted by Crippen LogP contribution is -2.36. The van der Waals surface area contributed by atoms with E-state index >= 15 is 0 Å². The molecule has 0 spiro atoms. The number of H-pyrrole nitrogens is 1. The van der Waals surface area contributed by atoms with Crippen LogP contribution >= 0.6 is 0 Å². The van der Waals surface area contributed by atoms with Crippen molar-refractivity contribution in [1.82, 2.24) is 9.97 Å². The van der Waals surface area contributed by atoms with Crippen molar-refractivity contribution < 1.29 is 9.59 Å². The van der Waals surface area contributed by atoms with Gasteiger partial charge in [-0.05, 0) is 19.4 Å². The summed E-state index contributed by atoms with van der Waals surface area (Å²) in [6.07, 6.45) is 2.63. The van der Waals surface area contributed by atoms with Gasteiger partial charge in [0.2, 0.25) is 11.9 Å². The second-order valence-corrected chi connectivity index (χ2v) is 4.78. The molecule has 0 saturated heterocycles. The topological polar surface area (TPSA) is 173 Å². The fraction of sp³-hybridized carbons (Fsp3) is 0.500. The molecule has 0 bridgehead atoms. The molecule has 0 aliphatic carbocycles. The molecular weight excluding hydrogens is 290 g/mol. The largest absolute Gasteiger partial charge is 0.351 e. The Bertz CT molecular complexity index is 586. The van der Waals surface area contributed by atoms with Crippen LogP contribution in [0.2, 0.25) is 0 Å². The van der Waals surface area contributed by atoms with Gasteiger partial charge in [0.1, 0.15) is 5.69 Å². The quantitative estimate of drug-likeness (QED) is 0.417.